The van der Waals surface area contributed by atoms with Gasteiger partial charge in [-0.3, -0.25) is 0 Å². The highest BCUT2D eigenvalue weighted by Crippen LogP contribution is 2.17. The van der Waals surface area contributed by atoms with Gasteiger partial charge in [0.2, 0.25) is 0 Å². The molecule has 0 bridgehead atoms. The van der Waals surface area contributed by atoms with Crippen LogP contribution in [-0.4, -0.2) is 0 Å². The van der Waals surface area contributed by atoms with E-state index in [1.54, 1.807) is 0 Å². The summed E-state index contributed by atoms with van der Waals surface area (Å²) in [5, 5.41) is 0. The van der Waals surface area contributed by atoms with Crippen LogP contribution in [0.2, 0.25) is 0 Å². The van der Waals surface area contributed by atoms with Crippen LogP contribution in [0.1, 0.15) is 154 Å². The van der Waals surface area contributed by atoms with E-state index in [0.29, 0.717) is 0 Å². The second kappa shape index (κ2) is 19.3. The Hall–Kier alpha value is 0. The third-order valence-corrected chi connectivity index (χ3v) is 6.00. The number of rotatable bonds is 0. The van der Waals surface area contributed by atoms with Gasteiger partial charge in [0, 0.05) is 0 Å². The average molecular weight is 337 g/mol. The molecule has 0 nitrogen and oxygen atoms in total. The predicted molar refractivity (Wildman–Crippen MR) is 111 cm³/mol. The number of hydrogen-bond acceptors (Lipinski definition) is 0. The molecular weight excluding hydrogens is 288 g/mol. The van der Waals surface area contributed by atoms with Crippen molar-refractivity contribution in [2.24, 2.45) is 0 Å². The molecule has 0 N–H and O–H groups in total. The van der Waals surface area contributed by atoms with Crippen molar-refractivity contribution in [3.05, 3.63) is 0 Å². The molecule has 0 unspecified atom stereocenters. The highest BCUT2D eigenvalue weighted by atomic mass is 14.0. The van der Waals surface area contributed by atoms with Crippen molar-refractivity contribution in [3.63, 3.8) is 0 Å². The molecule has 1 aliphatic rings. The van der Waals surface area contributed by atoms with Crippen LogP contribution in [0.5, 0.6) is 0 Å². The molecule has 1 rings (SSSR count). The minimum Gasteiger partial charge on any atom is -0.0533 e. The van der Waals surface area contributed by atoms with Crippen molar-refractivity contribution in [1.29, 1.82) is 0 Å². The van der Waals surface area contributed by atoms with Gasteiger partial charge in [-0.05, 0) is 0 Å². The van der Waals surface area contributed by atoms with Crippen LogP contribution in [0.4, 0.5) is 0 Å². The van der Waals surface area contributed by atoms with E-state index in [4.69, 9.17) is 0 Å². The van der Waals surface area contributed by atoms with E-state index < -0.39 is 0 Å². The van der Waals surface area contributed by atoms with Crippen LogP contribution in [-0.2, 0) is 0 Å². The van der Waals surface area contributed by atoms with Gasteiger partial charge in [-0.1, -0.05) is 154 Å². The third-order valence-electron chi connectivity index (χ3n) is 6.00. The summed E-state index contributed by atoms with van der Waals surface area (Å²) >= 11 is 0. The van der Waals surface area contributed by atoms with Gasteiger partial charge >= 0.3 is 0 Å². The Morgan fingerprint density at radius 1 is 0.0833 bits per heavy atom. The van der Waals surface area contributed by atoms with Gasteiger partial charge in [0.25, 0.3) is 0 Å². The summed E-state index contributed by atoms with van der Waals surface area (Å²) in [5.74, 6) is 0. The van der Waals surface area contributed by atoms with Crippen LogP contribution >= 0.6 is 0 Å². The van der Waals surface area contributed by atoms with Crippen molar-refractivity contribution in [3.8, 4) is 0 Å². The van der Waals surface area contributed by atoms with Crippen LogP contribution < -0.4 is 0 Å². The fraction of sp³-hybridized carbons (Fsp3) is 1.00. The molecule has 0 heterocycles. The Balaban J connectivity index is 2.00. The van der Waals surface area contributed by atoms with E-state index >= 15 is 0 Å². The maximum Gasteiger partial charge on any atom is -0.0533 e. The minimum atomic E-state index is 1.50. The number of hydrogen-bond donors (Lipinski definition) is 0. The second-order valence-electron chi connectivity index (χ2n) is 8.49. The Bertz CT molecular complexity index is 110. The van der Waals surface area contributed by atoms with Crippen LogP contribution in [0.15, 0.2) is 0 Å². The Morgan fingerprint density at radius 2 is 0.125 bits per heavy atom. The highest BCUT2D eigenvalue weighted by Gasteiger charge is 1.97. The lowest BCUT2D eigenvalue weighted by Crippen LogP contribution is -1.85. The summed E-state index contributed by atoms with van der Waals surface area (Å²) in [6.07, 6.45) is 36.0. The molecule has 0 amide bonds. The van der Waals surface area contributed by atoms with Crippen LogP contribution in [0, 0.1) is 0 Å². The Morgan fingerprint density at radius 3 is 0.167 bits per heavy atom. The smallest absolute Gasteiger partial charge is 0.0533 e. The van der Waals surface area contributed by atoms with Gasteiger partial charge in [0.15, 0.2) is 0 Å². The van der Waals surface area contributed by atoms with Gasteiger partial charge in [0.05, 0.1) is 0 Å². The van der Waals surface area contributed by atoms with E-state index in [9.17, 15) is 0 Å². The lowest BCUT2D eigenvalue weighted by molar-refractivity contribution is 0.504. The molecule has 144 valence electrons. The maximum absolute atomic E-state index is 1.50. The molecule has 1 saturated carbocycles. The van der Waals surface area contributed by atoms with Crippen molar-refractivity contribution >= 4 is 0 Å². The monoisotopic (exact) mass is 336 g/mol. The molecule has 0 aromatic rings. The molecule has 0 spiro atoms. The van der Waals surface area contributed by atoms with E-state index in [0.717, 1.165) is 0 Å². The first-order chi connectivity index (χ1) is 12.0. The molecular formula is C24H48. The van der Waals surface area contributed by atoms with Gasteiger partial charge < -0.3 is 0 Å². The summed E-state index contributed by atoms with van der Waals surface area (Å²) < 4.78 is 0. The van der Waals surface area contributed by atoms with Crippen molar-refractivity contribution in [2.45, 2.75) is 154 Å². The first kappa shape index (κ1) is 22.0. The Kier molecular flexibility index (Phi) is 17.7. The summed E-state index contributed by atoms with van der Waals surface area (Å²) in [7, 11) is 0. The molecule has 1 aliphatic carbocycles. The fourth-order valence-electron chi connectivity index (χ4n) is 4.24. The Labute approximate surface area is 154 Å². The zero-order valence-corrected chi connectivity index (χ0v) is 17.0. The zero-order chi connectivity index (χ0) is 17.0. The first-order valence-corrected chi connectivity index (χ1v) is 12.0. The lowest BCUT2D eigenvalue weighted by atomic mass is 10.0. The van der Waals surface area contributed by atoms with Crippen molar-refractivity contribution in [1.82, 2.24) is 0 Å². The molecule has 0 radical (unpaired) electrons. The second-order valence-corrected chi connectivity index (χ2v) is 8.49. The molecule has 0 aliphatic heterocycles. The van der Waals surface area contributed by atoms with Gasteiger partial charge in [-0.2, -0.15) is 0 Å². The largest absolute Gasteiger partial charge is 0.0533 e. The van der Waals surface area contributed by atoms with Crippen molar-refractivity contribution < 1.29 is 0 Å². The average Bonchev–Trinajstić information content (AvgIpc) is 2.59. The summed E-state index contributed by atoms with van der Waals surface area (Å²) in [6.45, 7) is 0. The molecule has 0 saturated heterocycles. The summed E-state index contributed by atoms with van der Waals surface area (Å²) in [6, 6.07) is 0. The molecule has 0 aromatic carbocycles. The zero-order valence-electron chi connectivity index (χ0n) is 17.0. The SMILES string of the molecule is C1CCCCCCCCCCCCCCCCCCCCCCC1. The molecule has 0 heteroatoms. The van der Waals surface area contributed by atoms with Gasteiger partial charge in [-0.15, -0.1) is 0 Å². The quantitative estimate of drug-likeness (QED) is 0.413. The third kappa shape index (κ3) is 16.8. The van der Waals surface area contributed by atoms with E-state index in [2.05, 4.69) is 0 Å². The summed E-state index contributed by atoms with van der Waals surface area (Å²) in [4.78, 5) is 0. The summed E-state index contributed by atoms with van der Waals surface area (Å²) in [5.41, 5.74) is 0. The van der Waals surface area contributed by atoms with Gasteiger partial charge in [0.1, 0.15) is 0 Å². The molecule has 0 aromatic heterocycles. The van der Waals surface area contributed by atoms with E-state index in [1.807, 2.05) is 0 Å². The standard InChI is InChI=1S/C24H48/c1-2-4-6-8-10-12-14-16-18-20-22-24-23-21-19-17-15-13-11-9-7-5-3-1/h1-24H2. The fourth-order valence-corrected chi connectivity index (χ4v) is 4.24. The van der Waals surface area contributed by atoms with Gasteiger partial charge in [-0.25, -0.2) is 0 Å². The molecule has 24 heavy (non-hydrogen) atoms. The first-order valence-electron chi connectivity index (χ1n) is 12.0. The van der Waals surface area contributed by atoms with Crippen LogP contribution in [0.3, 0.4) is 0 Å². The lowest BCUT2D eigenvalue weighted by Gasteiger charge is -2.05. The highest BCUT2D eigenvalue weighted by molar-refractivity contribution is 4.52. The molecule has 0 atom stereocenters. The van der Waals surface area contributed by atoms with E-state index in [-0.39, 0.29) is 0 Å². The topological polar surface area (TPSA) is 0 Å². The minimum absolute atomic E-state index is 1.50. The maximum atomic E-state index is 1.50. The normalized spacial score (nSPS) is 24.0. The van der Waals surface area contributed by atoms with Crippen LogP contribution in [0.25, 0.3) is 0 Å². The predicted octanol–water partition coefficient (Wildman–Crippen LogP) is 9.36. The molecule has 1 fully saturated rings. The van der Waals surface area contributed by atoms with E-state index in [1.165, 1.54) is 154 Å². The van der Waals surface area contributed by atoms with Crippen molar-refractivity contribution in [2.75, 3.05) is 0 Å².